The number of aromatic nitrogens is 3. The lowest BCUT2D eigenvalue weighted by Crippen LogP contribution is -2.15. The third-order valence-corrected chi connectivity index (χ3v) is 4.65. The van der Waals surface area contributed by atoms with Crippen molar-refractivity contribution in [2.24, 2.45) is 5.73 Å². The largest absolute Gasteiger partial charge is 0.389 e. The van der Waals surface area contributed by atoms with Gasteiger partial charge in [-0.3, -0.25) is 4.72 Å². The fourth-order valence-corrected chi connectivity index (χ4v) is 3.39. The van der Waals surface area contributed by atoms with Crippen molar-refractivity contribution in [3.8, 4) is 0 Å². The van der Waals surface area contributed by atoms with Crippen molar-refractivity contribution in [3.05, 3.63) is 29.3 Å². The molecule has 0 aliphatic carbocycles. The molecule has 0 fully saturated rings. The van der Waals surface area contributed by atoms with E-state index in [0.29, 0.717) is 11.1 Å². The number of hydrogen-bond donors (Lipinski definition) is 2. The van der Waals surface area contributed by atoms with Crippen LogP contribution in [0.3, 0.4) is 0 Å². The molecule has 19 heavy (non-hydrogen) atoms. The molecule has 3 N–H and O–H groups in total. The predicted octanol–water partition coefficient (Wildman–Crippen LogP) is 0.677. The fourth-order valence-electron chi connectivity index (χ4n) is 1.45. The molecule has 10 heteroatoms. The van der Waals surface area contributed by atoms with Crippen LogP contribution in [0.1, 0.15) is 11.1 Å². The summed E-state index contributed by atoms with van der Waals surface area (Å²) in [5.41, 5.74) is 6.65. The van der Waals surface area contributed by atoms with Crippen LogP contribution < -0.4 is 10.5 Å². The molecule has 0 amide bonds. The summed E-state index contributed by atoms with van der Waals surface area (Å²) in [4.78, 5) is 0.344. The van der Waals surface area contributed by atoms with Gasteiger partial charge in [-0.15, -0.1) is 0 Å². The average molecular weight is 315 g/mol. The monoisotopic (exact) mass is 315 g/mol. The highest BCUT2D eigenvalue weighted by molar-refractivity contribution is 7.93. The van der Waals surface area contributed by atoms with Gasteiger partial charge in [0, 0.05) is 17.1 Å². The van der Waals surface area contributed by atoms with E-state index < -0.39 is 10.0 Å². The summed E-state index contributed by atoms with van der Waals surface area (Å²) in [5.74, 6) is 0. The number of sulfonamides is 1. The molecule has 0 atom stereocenters. The molecule has 7 nitrogen and oxygen atoms in total. The van der Waals surface area contributed by atoms with Crippen LogP contribution in [0.5, 0.6) is 0 Å². The number of benzene rings is 1. The Hall–Kier alpha value is -1.65. The molecule has 0 aliphatic rings. The number of nitrogens with one attached hydrogen (secondary N) is 1. The molecule has 0 spiro atoms. The summed E-state index contributed by atoms with van der Waals surface area (Å²) in [7, 11) is -3.72. The van der Waals surface area contributed by atoms with Crippen molar-refractivity contribution in [1.82, 2.24) is 14.8 Å². The van der Waals surface area contributed by atoms with E-state index >= 15 is 0 Å². The second-order valence-electron chi connectivity index (χ2n) is 3.62. The zero-order valence-corrected chi connectivity index (χ0v) is 12.1. The highest BCUT2D eigenvalue weighted by Crippen LogP contribution is 2.20. The molecule has 1 aromatic heterocycles. The highest BCUT2D eigenvalue weighted by Gasteiger charge is 2.19. The van der Waals surface area contributed by atoms with Crippen LogP contribution in [-0.2, 0) is 10.0 Å². The first kappa shape index (κ1) is 13.8. The van der Waals surface area contributed by atoms with Crippen molar-refractivity contribution < 1.29 is 8.42 Å². The summed E-state index contributed by atoms with van der Waals surface area (Å²) in [6.45, 7) is 1.66. The van der Waals surface area contributed by atoms with Crippen molar-refractivity contribution in [2.75, 3.05) is 4.72 Å². The summed E-state index contributed by atoms with van der Waals surface area (Å²) < 4.78 is 30.0. The van der Waals surface area contributed by atoms with Gasteiger partial charge in [0.15, 0.2) is 0 Å². The maximum atomic E-state index is 12.1. The molecular weight excluding hydrogens is 306 g/mol. The summed E-state index contributed by atoms with van der Waals surface area (Å²) in [5, 5.41) is 6.96. The minimum atomic E-state index is -3.72. The summed E-state index contributed by atoms with van der Waals surface area (Å²) in [6, 6.07) is 4.62. The fraction of sp³-hybridized carbons (Fsp3) is 0.111. The molecule has 2 aromatic rings. The Balaban J connectivity index is 2.38. The van der Waals surface area contributed by atoms with Crippen LogP contribution in [0, 0.1) is 6.92 Å². The second-order valence-corrected chi connectivity index (χ2v) is 6.44. The van der Waals surface area contributed by atoms with Crippen molar-refractivity contribution >= 4 is 43.9 Å². The Morgan fingerprint density at radius 3 is 2.74 bits per heavy atom. The van der Waals surface area contributed by atoms with Crippen LogP contribution in [-0.4, -0.2) is 28.2 Å². The minimum Gasteiger partial charge on any atom is -0.389 e. The van der Waals surface area contributed by atoms with E-state index in [9.17, 15) is 8.42 Å². The Morgan fingerprint density at radius 2 is 2.21 bits per heavy atom. The third-order valence-electron chi connectivity index (χ3n) is 2.27. The van der Waals surface area contributed by atoms with Crippen molar-refractivity contribution in [1.29, 1.82) is 0 Å². The number of thiocarbonyl (C=S) groups is 1. The lowest BCUT2D eigenvalue weighted by Gasteiger charge is -2.09. The number of anilines is 1. The SMILES string of the molecule is Cc1cc(C(N)=S)ccc1S(=O)(=O)Nc1nnns1. The van der Waals surface area contributed by atoms with Gasteiger partial charge in [0.2, 0.25) is 5.13 Å². The first-order chi connectivity index (χ1) is 8.90. The number of nitrogens with zero attached hydrogens (tertiary/aromatic N) is 3. The number of rotatable bonds is 4. The van der Waals surface area contributed by atoms with Crippen LogP contribution >= 0.6 is 23.8 Å². The molecule has 100 valence electrons. The smallest absolute Gasteiger partial charge is 0.264 e. The Bertz CT molecular complexity index is 711. The number of aryl methyl sites for hydroxylation is 1. The van der Waals surface area contributed by atoms with Gasteiger partial charge < -0.3 is 5.73 Å². The van der Waals surface area contributed by atoms with E-state index in [1.807, 2.05) is 0 Å². The average Bonchev–Trinajstić information content (AvgIpc) is 2.80. The first-order valence-electron chi connectivity index (χ1n) is 4.98. The predicted molar refractivity (Wildman–Crippen MR) is 75.6 cm³/mol. The molecular formula is C9H9N5O2S3. The van der Waals surface area contributed by atoms with E-state index in [0.717, 1.165) is 11.5 Å². The lowest BCUT2D eigenvalue weighted by molar-refractivity contribution is 0.600. The third kappa shape index (κ3) is 3.03. The van der Waals surface area contributed by atoms with Gasteiger partial charge in [0.1, 0.15) is 4.99 Å². The highest BCUT2D eigenvalue weighted by atomic mass is 32.2. The molecule has 0 bridgehead atoms. The van der Waals surface area contributed by atoms with Gasteiger partial charge in [-0.2, -0.15) is 0 Å². The Morgan fingerprint density at radius 1 is 1.47 bits per heavy atom. The Kier molecular flexibility index (Phi) is 3.73. The normalized spacial score (nSPS) is 11.2. The zero-order chi connectivity index (χ0) is 14.0. The van der Waals surface area contributed by atoms with E-state index in [-0.39, 0.29) is 15.0 Å². The quantitative estimate of drug-likeness (QED) is 0.798. The van der Waals surface area contributed by atoms with Gasteiger partial charge in [0.05, 0.1) is 4.90 Å². The van der Waals surface area contributed by atoms with Gasteiger partial charge in [-0.25, -0.2) is 8.42 Å². The molecule has 0 unspecified atom stereocenters. The van der Waals surface area contributed by atoms with E-state index in [1.54, 1.807) is 19.1 Å². The number of nitrogens with two attached hydrogens (primary N) is 1. The molecule has 2 rings (SSSR count). The van der Waals surface area contributed by atoms with Gasteiger partial charge in [0.25, 0.3) is 10.0 Å². The summed E-state index contributed by atoms with van der Waals surface area (Å²) in [6.07, 6.45) is 0. The van der Waals surface area contributed by atoms with Crippen LogP contribution in [0.4, 0.5) is 5.13 Å². The molecule has 0 saturated heterocycles. The lowest BCUT2D eigenvalue weighted by atomic mass is 10.1. The second kappa shape index (κ2) is 5.15. The molecule has 0 radical (unpaired) electrons. The van der Waals surface area contributed by atoms with Crippen LogP contribution in [0.2, 0.25) is 0 Å². The molecule has 1 aromatic carbocycles. The van der Waals surface area contributed by atoms with Gasteiger partial charge >= 0.3 is 0 Å². The molecule has 1 heterocycles. The first-order valence-corrected chi connectivity index (χ1v) is 7.65. The minimum absolute atomic E-state index is 0.109. The number of hydrogen-bond acceptors (Lipinski definition) is 7. The van der Waals surface area contributed by atoms with Crippen LogP contribution in [0.15, 0.2) is 23.1 Å². The van der Waals surface area contributed by atoms with Crippen LogP contribution in [0.25, 0.3) is 0 Å². The summed E-state index contributed by atoms with van der Waals surface area (Å²) >= 11 is 5.69. The van der Waals surface area contributed by atoms with E-state index in [1.165, 1.54) is 6.07 Å². The van der Waals surface area contributed by atoms with Gasteiger partial charge in [-0.05, 0) is 29.8 Å². The molecule has 0 aliphatic heterocycles. The standard InChI is InChI=1S/C9H9N5O2S3/c1-5-4-6(8(10)17)2-3-7(5)19(15,16)12-9-11-13-14-18-9/h2-4H,1H3,(H2,10,17)(H,11,12,14). The Labute approximate surface area is 119 Å². The maximum absolute atomic E-state index is 12.1. The van der Waals surface area contributed by atoms with E-state index in [4.69, 9.17) is 18.0 Å². The zero-order valence-electron chi connectivity index (χ0n) is 9.69. The van der Waals surface area contributed by atoms with Crippen molar-refractivity contribution in [3.63, 3.8) is 0 Å². The van der Waals surface area contributed by atoms with Crippen molar-refractivity contribution in [2.45, 2.75) is 11.8 Å². The maximum Gasteiger partial charge on any atom is 0.264 e. The topological polar surface area (TPSA) is 111 Å². The molecule has 0 saturated carbocycles. The van der Waals surface area contributed by atoms with Gasteiger partial charge in [-0.1, -0.05) is 27.9 Å². The van der Waals surface area contributed by atoms with E-state index in [2.05, 4.69) is 19.5 Å².